The van der Waals surface area contributed by atoms with E-state index < -0.39 is 10.2 Å². The van der Waals surface area contributed by atoms with Crippen LogP contribution in [0.15, 0.2) is 42.5 Å². The van der Waals surface area contributed by atoms with Gasteiger partial charge in [-0.05, 0) is 35.9 Å². The summed E-state index contributed by atoms with van der Waals surface area (Å²) in [7, 11) is -0.438. The second-order valence-electron chi connectivity index (χ2n) is 6.50. The lowest BCUT2D eigenvalue weighted by molar-refractivity contribution is 0.316. The third-order valence-corrected chi connectivity index (χ3v) is 7.30. The molecule has 2 aromatic carbocycles. The molecule has 0 N–H and O–H groups in total. The van der Waals surface area contributed by atoms with Crippen LogP contribution >= 0.6 is 34.8 Å². The Hall–Kier alpha value is -1.02. The summed E-state index contributed by atoms with van der Waals surface area (Å²) in [6, 6.07) is 12.6. The molecular weight excluding hydrogens is 429 g/mol. The molecule has 1 unspecified atom stereocenters. The lowest BCUT2D eigenvalue weighted by atomic mass is 10.0. The Bertz CT molecular complexity index is 920. The number of halogens is 3. The number of hydrogen-bond donors (Lipinski definition) is 0. The molecule has 0 radical (unpaired) electrons. The van der Waals surface area contributed by atoms with E-state index in [1.54, 1.807) is 24.3 Å². The van der Waals surface area contributed by atoms with Gasteiger partial charge < -0.3 is 4.90 Å². The monoisotopic (exact) mass is 447 g/mol. The zero-order valence-electron chi connectivity index (χ0n) is 14.9. The first-order chi connectivity index (χ1) is 12.7. The highest BCUT2D eigenvalue weighted by atomic mass is 35.5. The van der Waals surface area contributed by atoms with Crippen molar-refractivity contribution >= 4 is 50.7 Å². The van der Waals surface area contributed by atoms with Crippen LogP contribution in [0.5, 0.6) is 0 Å². The second kappa shape index (κ2) is 8.15. The largest absolute Gasteiger partial charge is 0.361 e. The average molecular weight is 449 g/mol. The molecule has 1 atom stereocenters. The number of piperazine rings is 1. The molecule has 1 heterocycles. The number of anilines is 1. The minimum atomic E-state index is -3.51. The first-order valence-corrected chi connectivity index (χ1v) is 10.9. The van der Waals surface area contributed by atoms with E-state index >= 15 is 0 Å². The number of hydrogen-bond acceptors (Lipinski definition) is 3. The summed E-state index contributed by atoms with van der Waals surface area (Å²) in [6.45, 7) is 1.17. The predicted molar refractivity (Wildman–Crippen MR) is 112 cm³/mol. The number of benzene rings is 2. The standard InChI is InChI=1S/C18H20Cl3N3O2S/c1-22(2)27(25,26)23-9-10-24(17-8-7-15(20)11-16(17)21)18(12-23)13-3-5-14(19)6-4-13/h3-8,11,18H,9-10,12H2,1-2H3. The molecule has 0 amide bonds. The summed E-state index contributed by atoms with van der Waals surface area (Å²) in [6.07, 6.45) is 0. The van der Waals surface area contributed by atoms with Crippen LogP contribution in [0.3, 0.4) is 0 Å². The minimum absolute atomic E-state index is 0.204. The lowest BCUT2D eigenvalue weighted by Crippen LogP contribution is -2.53. The maximum atomic E-state index is 12.6. The van der Waals surface area contributed by atoms with Gasteiger partial charge in [-0.3, -0.25) is 0 Å². The van der Waals surface area contributed by atoms with Crippen molar-refractivity contribution in [2.24, 2.45) is 0 Å². The molecule has 146 valence electrons. The van der Waals surface area contributed by atoms with Crippen molar-refractivity contribution in [3.8, 4) is 0 Å². The molecular formula is C18H20Cl3N3O2S. The maximum Gasteiger partial charge on any atom is 0.281 e. The molecule has 5 nitrogen and oxygen atoms in total. The van der Waals surface area contributed by atoms with Crippen LogP contribution in [-0.2, 0) is 10.2 Å². The summed E-state index contributed by atoms with van der Waals surface area (Å²) >= 11 is 18.5. The lowest BCUT2D eigenvalue weighted by Gasteiger charge is -2.43. The second-order valence-corrected chi connectivity index (χ2v) is 9.93. The van der Waals surface area contributed by atoms with Crippen molar-refractivity contribution in [3.63, 3.8) is 0 Å². The molecule has 1 aliphatic heterocycles. The highest BCUT2D eigenvalue weighted by Gasteiger charge is 2.36. The van der Waals surface area contributed by atoms with Crippen LogP contribution in [0.1, 0.15) is 11.6 Å². The fourth-order valence-corrected chi connectivity index (χ4v) is 4.92. The van der Waals surface area contributed by atoms with E-state index in [1.807, 2.05) is 18.2 Å². The Labute approximate surface area is 175 Å². The maximum absolute atomic E-state index is 12.6. The molecule has 1 aliphatic rings. The predicted octanol–water partition coefficient (Wildman–Crippen LogP) is 4.32. The third kappa shape index (κ3) is 4.36. The Balaban J connectivity index is 2.01. The quantitative estimate of drug-likeness (QED) is 0.700. The van der Waals surface area contributed by atoms with Gasteiger partial charge in [0, 0.05) is 43.8 Å². The van der Waals surface area contributed by atoms with Crippen LogP contribution < -0.4 is 4.90 Å². The van der Waals surface area contributed by atoms with Gasteiger partial charge in [0.1, 0.15) is 0 Å². The van der Waals surface area contributed by atoms with Crippen molar-refractivity contribution in [1.29, 1.82) is 0 Å². The van der Waals surface area contributed by atoms with Crippen molar-refractivity contribution in [2.45, 2.75) is 6.04 Å². The summed E-state index contributed by atoms with van der Waals surface area (Å²) in [5.41, 5.74) is 1.78. The zero-order chi connectivity index (χ0) is 19.8. The third-order valence-electron chi connectivity index (χ3n) is 4.60. The Morgan fingerprint density at radius 1 is 0.963 bits per heavy atom. The molecule has 0 aliphatic carbocycles. The summed E-state index contributed by atoms with van der Waals surface area (Å²) < 4.78 is 28.0. The number of rotatable bonds is 4. The first-order valence-electron chi connectivity index (χ1n) is 8.35. The van der Waals surface area contributed by atoms with Crippen molar-refractivity contribution in [2.75, 3.05) is 38.6 Å². The first kappa shape index (κ1) is 20.7. The average Bonchev–Trinajstić information content (AvgIpc) is 2.62. The van der Waals surface area contributed by atoms with Gasteiger partial charge >= 0.3 is 0 Å². The van der Waals surface area contributed by atoms with E-state index in [0.29, 0.717) is 34.7 Å². The molecule has 9 heteroatoms. The Morgan fingerprint density at radius 3 is 2.19 bits per heavy atom. The molecule has 0 bridgehead atoms. The Kier molecular flexibility index (Phi) is 6.25. The molecule has 3 rings (SSSR count). The van der Waals surface area contributed by atoms with E-state index in [4.69, 9.17) is 34.8 Å². The fourth-order valence-electron chi connectivity index (χ4n) is 3.17. The van der Waals surface area contributed by atoms with Crippen LogP contribution in [-0.4, -0.2) is 50.8 Å². The van der Waals surface area contributed by atoms with Crippen LogP contribution in [0.4, 0.5) is 5.69 Å². The summed E-state index contributed by atoms with van der Waals surface area (Å²) in [4.78, 5) is 2.11. The van der Waals surface area contributed by atoms with Crippen LogP contribution in [0.2, 0.25) is 15.1 Å². The molecule has 0 aromatic heterocycles. The van der Waals surface area contributed by atoms with Gasteiger partial charge in [0.25, 0.3) is 10.2 Å². The van der Waals surface area contributed by atoms with Gasteiger partial charge in [0.05, 0.1) is 16.8 Å². The van der Waals surface area contributed by atoms with Crippen LogP contribution in [0.25, 0.3) is 0 Å². The molecule has 1 fully saturated rings. The van der Waals surface area contributed by atoms with E-state index in [-0.39, 0.29) is 6.04 Å². The van der Waals surface area contributed by atoms with E-state index in [0.717, 1.165) is 11.3 Å². The molecule has 1 saturated heterocycles. The van der Waals surface area contributed by atoms with E-state index in [2.05, 4.69) is 4.90 Å². The van der Waals surface area contributed by atoms with Crippen molar-refractivity contribution in [1.82, 2.24) is 8.61 Å². The summed E-state index contributed by atoms with van der Waals surface area (Å²) in [5, 5.41) is 1.72. The molecule has 2 aromatic rings. The SMILES string of the molecule is CN(C)S(=O)(=O)N1CCN(c2ccc(Cl)cc2Cl)C(c2ccc(Cl)cc2)C1. The number of nitrogens with zero attached hydrogens (tertiary/aromatic N) is 3. The van der Waals surface area contributed by atoms with Gasteiger partial charge in [-0.25, -0.2) is 0 Å². The van der Waals surface area contributed by atoms with Gasteiger partial charge in [-0.2, -0.15) is 17.0 Å². The van der Waals surface area contributed by atoms with Gasteiger partial charge in [0.15, 0.2) is 0 Å². The van der Waals surface area contributed by atoms with Crippen molar-refractivity contribution < 1.29 is 8.42 Å². The van der Waals surface area contributed by atoms with E-state index in [1.165, 1.54) is 22.7 Å². The molecule has 0 saturated carbocycles. The fraction of sp³-hybridized carbons (Fsp3) is 0.333. The molecule has 0 spiro atoms. The van der Waals surface area contributed by atoms with Gasteiger partial charge in [-0.15, -0.1) is 0 Å². The Morgan fingerprint density at radius 2 is 1.59 bits per heavy atom. The summed E-state index contributed by atoms with van der Waals surface area (Å²) in [5.74, 6) is 0. The highest BCUT2D eigenvalue weighted by Crippen LogP contribution is 2.37. The normalized spacial score (nSPS) is 18.9. The smallest absolute Gasteiger partial charge is 0.281 e. The molecule has 27 heavy (non-hydrogen) atoms. The van der Waals surface area contributed by atoms with Gasteiger partial charge in [-0.1, -0.05) is 46.9 Å². The van der Waals surface area contributed by atoms with E-state index in [9.17, 15) is 8.42 Å². The minimum Gasteiger partial charge on any atom is -0.361 e. The zero-order valence-corrected chi connectivity index (χ0v) is 18.0. The van der Waals surface area contributed by atoms with Crippen LogP contribution in [0, 0.1) is 0 Å². The van der Waals surface area contributed by atoms with Gasteiger partial charge in [0.2, 0.25) is 0 Å². The topological polar surface area (TPSA) is 43.9 Å². The highest BCUT2D eigenvalue weighted by molar-refractivity contribution is 7.86. The van der Waals surface area contributed by atoms with Crippen molar-refractivity contribution in [3.05, 3.63) is 63.1 Å².